The van der Waals surface area contributed by atoms with Gasteiger partial charge in [0.2, 0.25) is 5.91 Å². The second-order valence-electron chi connectivity index (χ2n) is 4.80. The van der Waals surface area contributed by atoms with Crippen LogP contribution in [0.2, 0.25) is 0 Å². The molecule has 7 heteroatoms. The van der Waals surface area contributed by atoms with Crippen LogP contribution in [0.4, 0.5) is 4.39 Å². The Hall–Kier alpha value is -1.63. The van der Waals surface area contributed by atoms with Gasteiger partial charge in [0.15, 0.2) is 6.10 Å². The van der Waals surface area contributed by atoms with Crippen LogP contribution in [-0.4, -0.2) is 43.0 Å². The molecule has 0 aliphatic heterocycles. The smallest absolute Gasteiger partial charge is 0.261 e. The lowest BCUT2D eigenvalue weighted by molar-refractivity contribution is -0.136. The molecule has 1 aromatic carbocycles. The number of halogens is 2. The molecule has 1 aromatic rings. The quantitative estimate of drug-likeness (QED) is 0.872. The van der Waals surface area contributed by atoms with Crippen LogP contribution in [0.3, 0.4) is 0 Å². The molecule has 0 unspecified atom stereocenters. The topological polar surface area (TPSA) is 58.6 Å². The van der Waals surface area contributed by atoms with E-state index in [0.29, 0.717) is 10.2 Å². The number of ether oxygens (including phenoxy) is 1. The van der Waals surface area contributed by atoms with E-state index in [4.69, 9.17) is 4.74 Å². The molecule has 0 radical (unpaired) electrons. The minimum absolute atomic E-state index is 0.210. The van der Waals surface area contributed by atoms with Gasteiger partial charge < -0.3 is 15.0 Å². The van der Waals surface area contributed by atoms with E-state index >= 15 is 0 Å². The highest BCUT2D eigenvalue weighted by atomic mass is 79.9. The van der Waals surface area contributed by atoms with Crippen LogP contribution in [0.1, 0.15) is 13.8 Å². The van der Waals surface area contributed by atoms with Crippen molar-refractivity contribution in [3.63, 3.8) is 0 Å². The molecule has 1 N–H and O–H groups in total. The van der Waals surface area contributed by atoms with Gasteiger partial charge in [0.1, 0.15) is 17.6 Å². The molecule has 21 heavy (non-hydrogen) atoms. The van der Waals surface area contributed by atoms with Crippen molar-refractivity contribution in [2.75, 3.05) is 14.1 Å². The number of carbonyl (C=O) groups is 2. The van der Waals surface area contributed by atoms with Crippen molar-refractivity contribution in [2.45, 2.75) is 26.0 Å². The molecule has 0 aliphatic rings. The molecule has 0 aliphatic carbocycles. The van der Waals surface area contributed by atoms with Crippen molar-refractivity contribution in [2.24, 2.45) is 0 Å². The van der Waals surface area contributed by atoms with Gasteiger partial charge in [-0.1, -0.05) is 0 Å². The maximum atomic E-state index is 13.0. The fourth-order valence-corrected chi connectivity index (χ4v) is 2.04. The average Bonchev–Trinajstić information content (AvgIpc) is 2.40. The lowest BCUT2D eigenvalue weighted by atomic mass is 10.2. The van der Waals surface area contributed by atoms with E-state index < -0.39 is 23.9 Å². The summed E-state index contributed by atoms with van der Waals surface area (Å²) < 4.78 is 18.8. The standard InChI is InChI=1S/C14H18BrFN2O3/c1-8(14(20)18(3)4)17-13(19)9(2)21-12-6-5-10(16)7-11(12)15/h5-9H,1-4H3,(H,17,19)/t8-,9-/m1/s1. The molecule has 0 fully saturated rings. The number of nitrogens with zero attached hydrogens (tertiary/aromatic N) is 1. The van der Waals surface area contributed by atoms with Crippen LogP contribution in [0.5, 0.6) is 5.75 Å². The van der Waals surface area contributed by atoms with E-state index in [1.54, 1.807) is 27.9 Å². The van der Waals surface area contributed by atoms with Gasteiger partial charge in [0.05, 0.1) is 4.47 Å². The average molecular weight is 361 g/mol. The monoisotopic (exact) mass is 360 g/mol. The molecule has 0 saturated carbocycles. The molecule has 0 bridgehead atoms. The van der Waals surface area contributed by atoms with Gasteiger partial charge in [-0.2, -0.15) is 0 Å². The lowest BCUT2D eigenvalue weighted by Gasteiger charge is -2.21. The van der Waals surface area contributed by atoms with Gasteiger partial charge in [-0.3, -0.25) is 9.59 Å². The first-order valence-corrected chi connectivity index (χ1v) is 7.15. The zero-order chi connectivity index (χ0) is 16.2. The van der Waals surface area contributed by atoms with Crippen molar-refractivity contribution in [3.8, 4) is 5.75 Å². The summed E-state index contributed by atoms with van der Waals surface area (Å²) in [5, 5.41) is 2.57. The Bertz CT molecular complexity index is 537. The fraction of sp³-hybridized carbons (Fsp3) is 0.429. The van der Waals surface area contributed by atoms with Gasteiger partial charge in [-0.15, -0.1) is 0 Å². The van der Waals surface area contributed by atoms with E-state index in [-0.39, 0.29) is 5.91 Å². The Kier molecular flexibility index (Phi) is 6.14. The van der Waals surface area contributed by atoms with E-state index in [0.717, 1.165) is 0 Å². The summed E-state index contributed by atoms with van der Waals surface area (Å²) in [6.45, 7) is 3.15. The van der Waals surface area contributed by atoms with Crippen molar-refractivity contribution >= 4 is 27.7 Å². The van der Waals surface area contributed by atoms with Crippen LogP contribution >= 0.6 is 15.9 Å². The number of amides is 2. The Balaban J connectivity index is 2.64. The normalized spacial score (nSPS) is 13.2. The van der Waals surface area contributed by atoms with Crippen LogP contribution in [-0.2, 0) is 9.59 Å². The minimum Gasteiger partial charge on any atom is -0.480 e. The molecule has 5 nitrogen and oxygen atoms in total. The van der Waals surface area contributed by atoms with Crippen LogP contribution < -0.4 is 10.1 Å². The summed E-state index contributed by atoms with van der Waals surface area (Å²) in [7, 11) is 3.22. The summed E-state index contributed by atoms with van der Waals surface area (Å²) in [6.07, 6.45) is -0.816. The number of nitrogens with one attached hydrogen (secondary N) is 1. The van der Waals surface area contributed by atoms with Crippen molar-refractivity contribution in [3.05, 3.63) is 28.5 Å². The first-order valence-electron chi connectivity index (χ1n) is 6.35. The number of hydrogen-bond acceptors (Lipinski definition) is 3. The molecule has 0 spiro atoms. The fourth-order valence-electron chi connectivity index (χ4n) is 1.59. The lowest BCUT2D eigenvalue weighted by Crippen LogP contribution is -2.48. The largest absolute Gasteiger partial charge is 0.480 e. The van der Waals surface area contributed by atoms with E-state index in [9.17, 15) is 14.0 Å². The SMILES string of the molecule is C[C@@H](NC(=O)[C@@H](C)Oc1ccc(F)cc1Br)C(=O)N(C)C. The van der Waals surface area contributed by atoms with Gasteiger partial charge in [0.25, 0.3) is 5.91 Å². The predicted molar refractivity (Wildman–Crippen MR) is 80.5 cm³/mol. The number of hydrogen-bond donors (Lipinski definition) is 1. The van der Waals surface area contributed by atoms with Crippen molar-refractivity contribution in [1.29, 1.82) is 0 Å². The Labute approximate surface area is 131 Å². The molecule has 116 valence electrons. The molecule has 0 aromatic heterocycles. The van der Waals surface area contributed by atoms with E-state index in [1.807, 2.05) is 0 Å². The van der Waals surface area contributed by atoms with Gasteiger partial charge in [-0.25, -0.2) is 4.39 Å². The van der Waals surface area contributed by atoms with Crippen LogP contribution in [0.25, 0.3) is 0 Å². The Morgan fingerprint density at radius 1 is 1.33 bits per heavy atom. The summed E-state index contributed by atoms with van der Waals surface area (Å²) in [4.78, 5) is 25.0. The number of carbonyl (C=O) groups excluding carboxylic acids is 2. The Morgan fingerprint density at radius 2 is 1.95 bits per heavy atom. The molecule has 0 heterocycles. The van der Waals surface area contributed by atoms with Crippen LogP contribution in [0, 0.1) is 5.82 Å². The summed E-state index contributed by atoms with van der Waals surface area (Å²) in [5.41, 5.74) is 0. The zero-order valence-corrected chi connectivity index (χ0v) is 13.9. The third-order valence-corrected chi connectivity index (χ3v) is 3.36. The predicted octanol–water partition coefficient (Wildman–Crippen LogP) is 1.95. The Morgan fingerprint density at radius 3 is 2.48 bits per heavy atom. The van der Waals surface area contributed by atoms with Gasteiger partial charge in [0, 0.05) is 14.1 Å². The number of rotatable bonds is 5. The molecule has 2 atom stereocenters. The molecule has 0 saturated heterocycles. The summed E-state index contributed by atoms with van der Waals surface area (Å²) in [5.74, 6) is -0.686. The highest BCUT2D eigenvalue weighted by Gasteiger charge is 2.22. The van der Waals surface area contributed by atoms with E-state index in [1.165, 1.54) is 23.1 Å². The summed E-state index contributed by atoms with van der Waals surface area (Å²) in [6, 6.07) is 3.27. The minimum atomic E-state index is -0.816. The number of likely N-dealkylation sites (N-methyl/N-ethyl adjacent to an activating group) is 1. The third-order valence-electron chi connectivity index (χ3n) is 2.74. The van der Waals surface area contributed by atoms with Crippen molar-refractivity contribution < 1.29 is 18.7 Å². The van der Waals surface area contributed by atoms with Gasteiger partial charge in [-0.05, 0) is 48.0 Å². The second kappa shape index (κ2) is 7.40. The maximum Gasteiger partial charge on any atom is 0.261 e. The van der Waals surface area contributed by atoms with E-state index in [2.05, 4.69) is 21.2 Å². The highest BCUT2D eigenvalue weighted by Crippen LogP contribution is 2.26. The van der Waals surface area contributed by atoms with Crippen molar-refractivity contribution in [1.82, 2.24) is 10.2 Å². The second-order valence-corrected chi connectivity index (χ2v) is 5.65. The third kappa shape index (κ3) is 5.00. The van der Waals surface area contributed by atoms with Gasteiger partial charge >= 0.3 is 0 Å². The molecule has 1 rings (SSSR count). The first kappa shape index (κ1) is 17.4. The van der Waals surface area contributed by atoms with Crippen LogP contribution in [0.15, 0.2) is 22.7 Å². The summed E-state index contributed by atoms with van der Waals surface area (Å²) >= 11 is 3.16. The first-order chi connectivity index (χ1) is 9.72. The molecular weight excluding hydrogens is 343 g/mol. The number of benzene rings is 1. The molecule has 2 amide bonds. The molecular formula is C14H18BrFN2O3. The maximum absolute atomic E-state index is 13.0. The zero-order valence-electron chi connectivity index (χ0n) is 12.3. The highest BCUT2D eigenvalue weighted by molar-refractivity contribution is 9.10.